The largest absolute Gasteiger partial charge is 0.467 e. The van der Waals surface area contributed by atoms with E-state index in [1.165, 1.54) is 0 Å². The van der Waals surface area contributed by atoms with Crippen LogP contribution < -0.4 is 10.7 Å². The second-order valence-corrected chi connectivity index (χ2v) is 3.23. The molecule has 0 unspecified atom stereocenters. The van der Waals surface area contributed by atoms with Crippen LogP contribution in [-0.2, 0) is 4.74 Å². The summed E-state index contributed by atoms with van der Waals surface area (Å²) in [7, 11) is 0. The number of nitrogens with zero attached hydrogens (tertiary/aromatic N) is 2. The summed E-state index contributed by atoms with van der Waals surface area (Å²) in [5.41, 5.74) is 0.650. The van der Waals surface area contributed by atoms with Crippen molar-refractivity contribution < 1.29 is 14.5 Å². The SMILES string of the molecule is CCOC(=O)c1[nH]c(=O)n2nc(C)cc2[nH+]1. The molecule has 0 bridgehead atoms. The highest BCUT2D eigenvalue weighted by Crippen LogP contribution is 1.96. The first-order valence-corrected chi connectivity index (χ1v) is 4.81. The Kier molecular flexibility index (Phi) is 2.43. The average Bonchev–Trinajstić information content (AvgIpc) is 2.59. The molecule has 0 atom stereocenters. The monoisotopic (exact) mass is 223 g/mol. The van der Waals surface area contributed by atoms with Crippen molar-refractivity contribution in [3.05, 3.63) is 28.1 Å². The number of carbonyl (C=O) groups excluding carboxylic acids is 1. The number of aromatic amines is 2. The number of fused-ring (bicyclic) bond motifs is 1. The molecule has 0 saturated carbocycles. The van der Waals surface area contributed by atoms with Gasteiger partial charge in [-0.2, -0.15) is 0 Å². The van der Waals surface area contributed by atoms with Crippen molar-refractivity contribution in [2.24, 2.45) is 0 Å². The first-order chi connectivity index (χ1) is 7.61. The fraction of sp³-hybridized carbons (Fsp3) is 0.333. The third-order valence-electron chi connectivity index (χ3n) is 1.99. The fourth-order valence-electron chi connectivity index (χ4n) is 1.37. The van der Waals surface area contributed by atoms with Gasteiger partial charge < -0.3 is 4.74 Å². The van der Waals surface area contributed by atoms with E-state index in [0.717, 1.165) is 4.52 Å². The summed E-state index contributed by atoms with van der Waals surface area (Å²) >= 11 is 0. The minimum atomic E-state index is -0.596. The van der Waals surface area contributed by atoms with Gasteiger partial charge >= 0.3 is 17.5 Å². The molecule has 2 N–H and O–H groups in total. The summed E-state index contributed by atoms with van der Waals surface area (Å²) in [6.07, 6.45) is 0. The molecule has 7 heteroatoms. The van der Waals surface area contributed by atoms with Crippen molar-refractivity contribution >= 4 is 11.6 Å². The van der Waals surface area contributed by atoms with Gasteiger partial charge in [0.2, 0.25) is 0 Å². The van der Waals surface area contributed by atoms with Crippen LogP contribution >= 0.6 is 0 Å². The van der Waals surface area contributed by atoms with Gasteiger partial charge in [-0.1, -0.05) is 4.52 Å². The molecular weight excluding hydrogens is 212 g/mol. The molecule has 0 aliphatic heterocycles. The van der Waals surface area contributed by atoms with Crippen molar-refractivity contribution in [3.63, 3.8) is 0 Å². The normalized spacial score (nSPS) is 10.6. The van der Waals surface area contributed by atoms with Gasteiger partial charge in [0.1, 0.15) is 0 Å². The lowest BCUT2D eigenvalue weighted by Gasteiger charge is -1.96. The smallest absolute Gasteiger partial charge is 0.458 e. The predicted octanol–water partition coefficient (Wildman–Crippen LogP) is -0.678. The third kappa shape index (κ3) is 1.67. The minimum absolute atomic E-state index is 0.0132. The molecule has 0 aliphatic carbocycles. The Morgan fingerprint density at radius 3 is 3.12 bits per heavy atom. The number of carbonyl (C=O) groups is 1. The Bertz CT molecular complexity index is 598. The molecule has 0 amide bonds. The number of H-pyrrole nitrogens is 2. The maximum Gasteiger partial charge on any atom is 0.467 e. The Morgan fingerprint density at radius 2 is 2.44 bits per heavy atom. The maximum atomic E-state index is 11.5. The highest BCUT2D eigenvalue weighted by molar-refractivity contribution is 5.83. The van der Waals surface area contributed by atoms with E-state index in [9.17, 15) is 9.59 Å². The van der Waals surface area contributed by atoms with Crippen molar-refractivity contribution in [2.75, 3.05) is 6.61 Å². The lowest BCUT2D eigenvalue weighted by molar-refractivity contribution is -0.362. The standard InChI is InChI=1S/C9H10N4O3/c1-3-16-8(14)7-10-6-4-5(2)12-13(6)9(15)11-7/h4H,3H2,1-2H3,(H,10,11,15)/p+1. The Morgan fingerprint density at radius 1 is 1.69 bits per heavy atom. The van der Waals surface area contributed by atoms with Crippen molar-refractivity contribution in [3.8, 4) is 0 Å². The number of aryl methyl sites for hydroxylation is 1. The second kappa shape index (κ2) is 3.76. The molecule has 0 aliphatic rings. The molecule has 16 heavy (non-hydrogen) atoms. The number of rotatable bonds is 2. The van der Waals surface area contributed by atoms with Crippen LogP contribution in [0.25, 0.3) is 5.65 Å². The zero-order valence-corrected chi connectivity index (χ0v) is 8.90. The number of esters is 1. The van der Waals surface area contributed by atoms with Crippen molar-refractivity contribution in [1.29, 1.82) is 0 Å². The molecule has 2 heterocycles. The Hall–Kier alpha value is -2.18. The summed E-state index contributed by atoms with van der Waals surface area (Å²) in [6.45, 7) is 3.69. The zero-order chi connectivity index (χ0) is 11.7. The van der Waals surface area contributed by atoms with Gasteiger partial charge in [-0.25, -0.2) is 19.6 Å². The van der Waals surface area contributed by atoms with E-state index in [2.05, 4.69) is 15.1 Å². The molecule has 2 aromatic rings. The molecule has 84 valence electrons. The first kappa shape index (κ1) is 10.3. The molecule has 7 nitrogen and oxygen atoms in total. The van der Waals surface area contributed by atoms with Gasteiger partial charge in [-0.05, 0) is 13.8 Å². The van der Waals surface area contributed by atoms with Gasteiger partial charge in [0.05, 0.1) is 12.3 Å². The van der Waals surface area contributed by atoms with Crippen LogP contribution in [-0.4, -0.2) is 27.2 Å². The summed E-state index contributed by atoms with van der Waals surface area (Å²) in [4.78, 5) is 28.0. The van der Waals surface area contributed by atoms with E-state index in [1.807, 2.05) is 0 Å². The molecule has 0 aromatic carbocycles. The quantitative estimate of drug-likeness (QED) is 0.683. The van der Waals surface area contributed by atoms with Crippen molar-refractivity contribution in [1.82, 2.24) is 14.6 Å². The highest BCUT2D eigenvalue weighted by atomic mass is 16.5. The van der Waals surface area contributed by atoms with Crippen molar-refractivity contribution in [2.45, 2.75) is 13.8 Å². The maximum absolute atomic E-state index is 11.5. The molecule has 0 saturated heterocycles. The number of hydrogen-bond donors (Lipinski definition) is 1. The first-order valence-electron chi connectivity index (χ1n) is 4.81. The van der Waals surface area contributed by atoms with Crippen LogP contribution in [0.2, 0.25) is 0 Å². The van der Waals surface area contributed by atoms with Gasteiger partial charge in [0.15, 0.2) is 0 Å². The van der Waals surface area contributed by atoms with E-state index in [1.54, 1.807) is 19.9 Å². The lowest BCUT2D eigenvalue weighted by atomic mass is 10.5. The molecular formula is C9H11N4O3+. The molecule has 0 spiro atoms. The number of ether oxygens (including phenoxy) is 1. The number of aromatic nitrogens is 4. The van der Waals surface area contributed by atoms with Gasteiger partial charge in [-0.15, -0.1) is 5.10 Å². The molecule has 0 radical (unpaired) electrons. The van der Waals surface area contributed by atoms with E-state index < -0.39 is 11.7 Å². The van der Waals surface area contributed by atoms with Crippen LogP contribution in [0.3, 0.4) is 0 Å². The van der Waals surface area contributed by atoms with E-state index in [4.69, 9.17) is 4.74 Å². The fourth-order valence-corrected chi connectivity index (χ4v) is 1.37. The van der Waals surface area contributed by atoms with E-state index >= 15 is 0 Å². The van der Waals surface area contributed by atoms with Gasteiger partial charge in [0, 0.05) is 6.07 Å². The lowest BCUT2D eigenvalue weighted by Crippen LogP contribution is -2.32. The topological polar surface area (TPSA) is 90.6 Å². The minimum Gasteiger partial charge on any atom is -0.458 e. The summed E-state index contributed by atoms with van der Waals surface area (Å²) in [6, 6.07) is 1.66. The molecule has 0 fully saturated rings. The Labute approximate surface area is 90.1 Å². The van der Waals surface area contributed by atoms with E-state index in [0.29, 0.717) is 11.3 Å². The van der Waals surface area contributed by atoms with Gasteiger partial charge in [-0.3, -0.25) is 0 Å². The summed E-state index contributed by atoms with van der Waals surface area (Å²) in [5.74, 6) is -0.583. The average molecular weight is 223 g/mol. The van der Waals surface area contributed by atoms with Gasteiger partial charge in [0.25, 0.3) is 5.65 Å². The highest BCUT2D eigenvalue weighted by Gasteiger charge is 2.18. The van der Waals surface area contributed by atoms with Crippen LogP contribution in [0.15, 0.2) is 10.9 Å². The van der Waals surface area contributed by atoms with Crippen LogP contribution in [0.5, 0.6) is 0 Å². The zero-order valence-electron chi connectivity index (χ0n) is 8.90. The molecule has 2 rings (SSSR count). The molecule has 2 aromatic heterocycles. The number of nitrogens with one attached hydrogen (secondary N) is 2. The third-order valence-corrected chi connectivity index (χ3v) is 1.99. The van der Waals surface area contributed by atoms with Crippen LogP contribution in [0.1, 0.15) is 23.2 Å². The van der Waals surface area contributed by atoms with Crippen LogP contribution in [0, 0.1) is 6.92 Å². The number of hydrogen-bond acceptors (Lipinski definition) is 4. The Balaban J connectivity index is 2.57. The predicted molar refractivity (Wildman–Crippen MR) is 53.1 cm³/mol. The van der Waals surface area contributed by atoms with E-state index in [-0.39, 0.29) is 12.4 Å². The second-order valence-electron chi connectivity index (χ2n) is 3.23. The van der Waals surface area contributed by atoms with Crippen LogP contribution in [0.4, 0.5) is 0 Å². The summed E-state index contributed by atoms with van der Waals surface area (Å²) in [5, 5.41) is 3.95. The summed E-state index contributed by atoms with van der Waals surface area (Å²) < 4.78 is 5.92.